The summed E-state index contributed by atoms with van der Waals surface area (Å²) in [5, 5.41) is 2.44. The van der Waals surface area contributed by atoms with Crippen LogP contribution in [0.3, 0.4) is 0 Å². The van der Waals surface area contributed by atoms with Crippen LogP contribution in [0, 0.1) is 5.82 Å². The molecule has 0 unspecified atom stereocenters. The van der Waals surface area contributed by atoms with Crippen LogP contribution >= 0.6 is 11.3 Å². The fraction of sp³-hybridized carbons (Fsp3) is 0. The Morgan fingerprint density at radius 2 is 1.35 bits per heavy atom. The van der Waals surface area contributed by atoms with Crippen molar-refractivity contribution in [1.82, 2.24) is 0 Å². The number of halogens is 1. The molecule has 0 aliphatic rings. The summed E-state index contributed by atoms with van der Waals surface area (Å²) in [7, 11) is 0. The summed E-state index contributed by atoms with van der Waals surface area (Å²) < 4.78 is 16.5. The minimum absolute atomic E-state index is 0.169. The van der Waals surface area contributed by atoms with Crippen molar-refractivity contribution in [3.63, 3.8) is 0 Å². The van der Waals surface area contributed by atoms with Crippen LogP contribution in [0.5, 0.6) is 0 Å². The van der Waals surface area contributed by atoms with Crippen molar-refractivity contribution < 1.29 is 4.39 Å². The molecule has 0 atom stereocenters. The molecular weight excluding hydrogens is 267 g/mol. The largest absolute Gasteiger partial charge is 0.206 e. The third kappa shape index (κ3) is 1.65. The van der Waals surface area contributed by atoms with Gasteiger partial charge in [0.25, 0.3) is 0 Å². The molecular formula is C18H11FS. The molecule has 0 bridgehead atoms. The van der Waals surface area contributed by atoms with Crippen molar-refractivity contribution in [2.24, 2.45) is 0 Å². The van der Waals surface area contributed by atoms with Crippen molar-refractivity contribution in [3.8, 4) is 11.1 Å². The van der Waals surface area contributed by atoms with Crippen LogP contribution in [0.25, 0.3) is 31.3 Å². The Morgan fingerprint density at radius 1 is 0.650 bits per heavy atom. The summed E-state index contributed by atoms with van der Waals surface area (Å²) in [6, 6.07) is 21.4. The maximum Gasteiger partial charge on any atom is 0.131 e. The highest BCUT2D eigenvalue weighted by molar-refractivity contribution is 7.26. The first-order valence-electron chi connectivity index (χ1n) is 6.50. The summed E-state index contributed by atoms with van der Waals surface area (Å²) in [6.45, 7) is 0. The van der Waals surface area contributed by atoms with Crippen molar-refractivity contribution in [3.05, 3.63) is 72.5 Å². The van der Waals surface area contributed by atoms with Gasteiger partial charge in [-0.2, -0.15) is 0 Å². The lowest BCUT2D eigenvalue weighted by Crippen LogP contribution is -1.83. The van der Waals surface area contributed by atoms with E-state index in [1.54, 1.807) is 17.4 Å². The van der Waals surface area contributed by atoms with Crippen LogP contribution in [-0.4, -0.2) is 0 Å². The Bertz CT molecular complexity index is 921. The van der Waals surface area contributed by atoms with Crippen molar-refractivity contribution in [2.75, 3.05) is 0 Å². The van der Waals surface area contributed by atoms with Crippen LogP contribution < -0.4 is 0 Å². The topological polar surface area (TPSA) is 0 Å². The molecule has 20 heavy (non-hydrogen) atoms. The lowest BCUT2D eigenvalue weighted by atomic mass is 10.0. The maximum atomic E-state index is 14.1. The predicted octanol–water partition coefficient (Wildman–Crippen LogP) is 5.86. The SMILES string of the molecule is Fc1ccccc1-c1cccc2c1sc1ccccc12. The van der Waals surface area contributed by atoms with E-state index in [4.69, 9.17) is 0 Å². The van der Waals surface area contributed by atoms with E-state index in [2.05, 4.69) is 18.2 Å². The lowest BCUT2D eigenvalue weighted by molar-refractivity contribution is 0.631. The summed E-state index contributed by atoms with van der Waals surface area (Å²) in [6.07, 6.45) is 0. The van der Waals surface area contributed by atoms with E-state index in [-0.39, 0.29) is 5.82 Å². The average Bonchev–Trinajstić information content (AvgIpc) is 2.86. The van der Waals surface area contributed by atoms with Gasteiger partial charge in [0.15, 0.2) is 0 Å². The van der Waals surface area contributed by atoms with Gasteiger partial charge in [0.05, 0.1) is 0 Å². The first-order chi connectivity index (χ1) is 9.84. The van der Waals surface area contributed by atoms with Gasteiger partial charge in [0, 0.05) is 31.3 Å². The second-order valence-corrected chi connectivity index (χ2v) is 5.81. The smallest absolute Gasteiger partial charge is 0.131 e. The zero-order valence-corrected chi connectivity index (χ0v) is 11.5. The Hall–Kier alpha value is -2.19. The van der Waals surface area contributed by atoms with Crippen LogP contribution in [-0.2, 0) is 0 Å². The molecule has 0 nitrogen and oxygen atoms in total. The van der Waals surface area contributed by atoms with Gasteiger partial charge >= 0.3 is 0 Å². The third-order valence-electron chi connectivity index (χ3n) is 3.57. The van der Waals surface area contributed by atoms with Gasteiger partial charge in [-0.15, -0.1) is 11.3 Å². The molecule has 0 fully saturated rings. The number of rotatable bonds is 1. The molecule has 96 valence electrons. The Labute approximate surface area is 120 Å². The number of hydrogen-bond acceptors (Lipinski definition) is 1. The maximum absolute atomic E-state index is 14.1. The van der Waals surface area contributed by atoms with Crippen molar-refractivity contribution >= 4 is 31.5 Å². The standard InChI is InChI=1S/C18H11FS/c19-16-10-3-1-6-12(16)14-8-5-9-15-13-7-2-4-11-17(13)20-18(14)15/h1-11H. The van der Waals surface area contributed by atoms with Gasteiger partial charge in [-0.3, -0.25) is 0 Å². The highest BCUT2D eigenvalue weighted by Gasteiger charge is 2.11. The Balaban J connectivity index is 2.13. The monoisotopic (exact) mass is 278 g/mol. The molecule has 0 amide bonds. The van der Waals surface area contributed by atoms with Crippen molar-refractivity contribution in [2.45, 2.75) is 0 Å². The zero-order chi connectivity index (χ0) is 13.5. The molecule has 0 aliphatic carbocycles. The summed E-state index contributed by atoms with van der Waals surface area (Å²) in [5.41, 5.74) is 1.64. The van der Waals surface area contributed by atoms with E-state index in [1.807, 2.05) is 36.4 Å². The lowest BCUT2D eigenvalue weighted by Gasteiger charge is -2.04. The minimum Gasteiger partial charge on any atom is -0.206 e. The quantitative estimate of drug-likeness (QED) is 0.409. The molecule has 0 spiro atoms. The molecule has 1 aromatic heterocycles. The molecule has 0 N–H and O–H groups in total. The molecule has 0 saturated carbocycles. The number of hydrogen-bond donors (Lipinski definition) is 0. The first-order valence-corrected chi connectivity index (χ1v) is 7.31. The highest BCUT2D eigenvalue weighted by Crippen LogP contribution is 2.40. The molecule has 4 aromatic rings. The second kappa shape index (κ2) is 4.43. The fourth-order valence-corrected chi connectivity index (χ4v) is 3.87. The average molecular weight is 278 g/mol. The van der Waals surface area contributed by atoms with Gasteiger partial charge in [-0.25, -0.2) is 4.39 Å². The summed E-state index contributed by atoms with van der Waals surface area (Å²) >= 11 is 1.73. The first kappa shape index (κ1) is 11.6. The molecule has 2 heteroatoms. The van der Waals surface area contributed by atoms with E-state index >= 15 is 0 Å². The number of thiophene rings is 1. The number of fused-ring (bicyclic) bond motifs is 3. The van der Waals surface area contributed by atoms with Crippen LogP contribution in [0.4, 0.5) is 4.39 Å². The predicted molar refractivity (Wildman–Crippen MR) is 84.7 cm³/mol. The zero-order valence-electron chi connectivity index (χ0n) is 10.6. The van der Waals surface area contributed by atoms with E-state index in [0.29, 0.717) is 5.56 Å². The van der Waals surface area contributed by atoms with Gasteiger partial charge in [0.1, 0.15) is 5.82 Å². The highest BCUT2D eigenvalue weighted by atomic mass is 32.1. The van der Waals surface area contributed by atoms with Gasteiger partial charge < -0.3 is 0 Å². The molecule has 0 saturated heterocycles. The Kier molecular flexibility index (Phi) is 2.57. The molecule has 1 heterocycles. The number of benzene rings is 3. The van der Waals surface area contributed by atoms with Gasteiger partial charge in [-0.1, -0.05) is 54.6 Å². The summed E-state index contributed by atoms with van der Waals surface area (Å²) in [4.78, 5) is 0. The van der Waals surface area contributed by atoms with Crippen LogP contribution in [0.2, 0.25) is 0 Å². The molecule has 4 rings (SSSR count). The normalized spacial score (nSPS) is 11.2. The fourth-order valence-electron chi connectivity index (χ4n) is 2.64. The van der Waals surface area contributed by atoms with E-state index < -0.39 is 0 Å². The van der Waals surface area contributed by atoms with Crippen LogP contribution in [0.15, 0.2) is 66.7 Å². The van der Waals surface area contributed by atoms with E-state index in [9.17, 15) is 4.39 Å². The Morgan fingerprint density at radius 3 is 2.25 bits per heavy atom. The van der Waals surface area contributed by atoms with E-state index in [0.717, 1.165) is 10.3 Å². The van der Waals surface area contributed by atoms with Gasteiger partial charge in [0.2, 0.25) is 0 Å². The van der Waals surface area contributed by atoms with Gasteiger partial charge in [-0.05, 0) is 12.1 Å². The molecule has 0 aliphatic heterocycles. The third-order valence-corrected chi connectivity index (χ3v) is 4.79. The van der Waals surface area contributed by atoms with Crippen molar-refractivity contribution in [1.29, 1.82) is 0 Å². The van der Waals surface area contributed by atoms with E-state index in [1.165, 1.54) is 21.5 Å². The molecule has 0 radical (unpaired) electrons. The summed E-state index contributed by atoms with van der Waals surface area (Å²) in [5.74, 6) is -0.169. The molecule has 3 aromatic carbocycles. The van der Waals surface area contributed by atoms with Crippen LogP contribution in [0.1, 0.15) is 0 Å². The second-order valence-electron chi connectivity index (χ2n) is 4.76. The minimum atomic E-state index is -0.169.